The number of nitrogens with zero attached hydrogens (tertiary/aromatic N) is 3. The minimum absolute atomic E-state index is 0.0683. The Hall–Kier alpha value is -3.80. The molecule has 3 aromatic heterocycles. The lowest BCUT2D eigenvalue weighted by Gasteiger charge is -2.17. The summed E-state index contributed by atoms with van der Waals surface area (Å²) in [7, 11) is 1.58. The fraction of sp³-hybridized carbons (Fsp3) is 0.130. The van der Waals surface area contributed by atoms with E-state index in [0.717, 1.165) is 34.7 Å². The molecular weight excluding hydrogens is 462 g/mol. The van der Waals surface area contributed by atoms with Crippen molar-refractivity contribution in [3.8, 4) is 0 Å². The number of ketones is 1. The normalized spacial score (nSPS) is 11.9. The third kappa shape index (κ3) is 5.22. The summed E-state index contributed by atoms with van der Waals surface area (Å²) < 4.78 is 33.5. The second kappa shape index (κ2) is 10.4. The minimum Gasteiger partial charge on any atom is -0.382 e. The molecule has 0 fully saturated rings. The van der Waals surface area contributed by atoms with Crippen LogP contribution < -0.4 is 16.4 Å². The highest BCUT2D eigenvalue weighted by Gasteiger charge is 2.24. The smallest absolute Gasteiger partial charge is 0.212 e. The number of nitrogens with two attached hydrogens (primary N) is 1. The second-order valence-corrected chi connectivity index (χ2v) is 8.08. The molecule has 4 rings (SSSR count). The number of hydrogen-bond donors (Lipinski definition) is 3. The number of nitrogens with one attached hydrogen (secondary N) is 2. The molecule has 8 nitrogen and oxygen atoms in total. The van der Waals surface area contributed by atoms with Crippen molar-refractivity contribution in [1.82, 2.24) is 20.3 Å². The summed E-state index contributed by atoms with van der Waals surface area (Å²) in [6.45, 7) is 0.511. The van der Waals surface area contributed by atoms with E-state index in [2.05, 4.69) is 25.6 Å². The molecule has 174 valence electrons. The van der Waals surface area contributed by atoms with Gasteiger partial charge in [-0.2, -0.15) is 0 Å². The number of benzene rings is 1. The number of pyridine rings is 2. The topological polar surface area (TPSA) is 115 Å². The van der Waals surface area contributed by atoms with Gasteiger partial charge in [0.25, 0.3) is 0 Å². The van der Waals surface area contributed by atoms with E-state index in [4.69, 9.17) is 10.5 Å². The Morgan fingerprint density at radius 2 is 1.91 bits per heavy atom. The van der Waals surface area contributed by atoms with Gasteiger partial charge in [0.15, 0.2) is 5.13 Å². The fourth-order valence-corrected chi connectivity index (χ4v) is 4.00. The van der Waals surface area contributed by atoms with Crippen molar-refractivity contribution in [2.24, 2.45) is 0 Å². The fourth-order valence-electron chi connectivity index (χ4n) is 3.16. The van der Waals surface area contributed by atoms with Gasteiger partial charge in [-0.3, -0.25) is 15.1 Å². The molecule has 34 heavy (non-hydrogen) atoms. The molecule has 3 heterocycles. The van der Waals surface area contributed by atoms with Crippen LogP contribution in [-0.4, -0.2) is 27.8 Å². The lowest BCUT2D eigenvalue weighted by atomic mass is 10.1. The zero-order valence-corrected chi connectivity index (χ0v) is 18.8. The largest absolute Gasteiger partial charge is 0.382 e. The highest BCUT2D eigenvalue weighted by molar-refractivity contribution is 7.18. The molecule has 0 saturated carbocycles. The monoisotopic (exact) mass is 482 g/mol. The highest BCUT2D eigenvalue weighted by atomic mass is 32.1. The first-order valence-electron chi connectivity index (χ1n) is 10.1. The Kier molecular flexibility index (Phi) is 7.16. The zero-order valence-electron chi connectivity index (χ0n) is 18.0. The van der Waals surface area contributed by atoms with Crippen LogP contribution in [0, 0.1) is 11.6 Å². The van der Waals surface area contributed by atoms with Gasteiger partial charge >= 0.3 is 0 Å². The summed E-state index contributed by atoms with van der Waals surface area (Å²) >= 11 is 0.881. The molecule has 1 unspecified atom stereocenters. The quantitative estimate of drug-likeness (QED) is 0.240. The van der Waals surface area contributed by atoms with Gasteiger partial charge in [0.1, 0.15) is 34.4 Å². The number of anilines is 3. The summed E-state index contributed by atoms with van der Waals surface area (Å²) in [4.78, 5) is 25.3. The average molecular weight is 483 g/mol. The summed E-state index contributed by atoms with van der Waals surface area (Å²) in [5.41, 5.74) is 6.83. The Morgan fingerprint density at radius 1 is 1.12 bits per heavy atom. The van der Waals surface area contributed by atoms with Crippen LogP contribution in [0.15, 0.2) is 60.9 Å². The first-order valence-corrected chi connectivity index (χ1v) is 10.9. The van der Waals surface area contributed by atoms with Gasteiger partial charge in [0, 0.05) is 31.6 Å². The van der Waals surface area contributed by atoms with E-state index in [9.17, 15) is 13.6 Å². The van der Waals surface area contributed by atoms with Crippen LogP contribution in [0.25, 0.3) is 0 Å². The third-order valence-corrected chi connectivity index (χ3v) is 5.79. The van der Waals surface area contributed by atoms with Crippen LogP contribution >= 0.6 is 11.3 Å². The van der Waals surface area contributed by atoms with Gasteiger partial charge < -0.3 is 15.8 Å². The Labute approximate surface area is 197 Å². The van der Waals surface area contributed by atoms with Crippen molar-refractivity contribution in [3.63, 3.8) is 0 Å². The van der Waals surface area contributed by atoms with Crippen molar-refractivity contribution in [1.29, 1.82) is 0 Å². The molecular formula is C23H20F2N6O2S. The zero-order chi connectivity index (χ0) is 24.1. The predicted octanol–water partition coefficient (Wildman–Crippen LogP) is 4.20. The van der Waals surface area contributed by atoms with E-state index in [1.54, 1.807) is 25.6 Å². The van der Waals surface area contributed by atoms with Gasteiger partial charge in [-0.1, -0.05) is 23.5 Å². The van der Waals surface area contributed by atoms with Gasteiger partial charge in [0.2, 0.25) is 5.78 Å². The van der Waals surface area contributed by atoms with E-state index >= 15 is 0 Å². The first-order chi connectivity index (χ1) is 16.5. The maximum atomic E-state index is 14.0. The van der Waals surface area contributed by atoms with Crippen molar-refractivity contribution in [2.75, 3.05) is 18.2 Å². The lowest BCUT2D eigenvalue weighted by molar-refractivity contribution is 0.0715. The number of aromatic nitrogens is 3. The van der Waals surface area contributed by atoms with Gasteiger partial charge in [-0.25, -0.2) is 18.7 Å². The minimum atomic E-state index is -0.964. The second-order valence-electron chi connectivity index (χ2n) is 7.08. The van der Waals surface area contributed by atoms with Crippen molar-refractivity contribution >= 4 is 33.9 Å². The van der Waals surface area contributed by atoms with E-state index in [0.29, 0.717) is 12.4 Å². The standard InChI is InChI=1S/C23H20F2N6O2S/c1-33-22(29-12-14-5-2-3-10-27-14)13-8-9-17(28-11-13)30-23-31-21(26)20(34-23)19(32)18-15(24)6-4-7-16(18)25/h2-11,22,29H,12,26H2,1H3,(H,28,30,31). The van der Waals surface area contributed by atoms with Gasteiger partial charge in [0.05, 0.1) is 11.3 Å². The number of methoxy groups -OCH3 is 1. The van der Waals surface area contributed by atoms with Crippen molar-refractivity contribution in [3.05, 3.63) is 94.3 Å². The average Bonchev–Trinajstić information content (AvgIpc) is 3.20. The molecule has 0 bridgehead atoms. The van der Waals surface area contributed by atoms with Crippen LogP contribution in [0.5, 0.6) is 0 Å². The molecule has 1 aromatic carbocycles. The van der Waals surface area contributed by atoms with E-state index in [-0.39, 0.29) is 15.8 Å². The number of halogens is 2. The van der Waals surface area contributed by atoms with E-state index in [1.165, 1.54) is 6.07 Å². The number of thiazole rings is 1. The van der Waals surface area contributed by atoms with Crippen LogP contribution in [-0.2, 0) is 11.3 Å². The molecule has 4 aromatic rings. The number of ether oxygens (including phenoxy) is 1. The van der Waals surface area contributed by atoms with Crippen molar-refractivity contribution < 1.29 is 18.3 Å². The summed E-state index contributed by atoms with van der Waals surface area (Å²) in [5, 5.41) is 6.46. The molecule has 0 spiro atoms. The third-order valence-electron chi connectivity index (χ3n) is 4.80. The maximum Gasteiger partial charge on any atom is 0.212 e. The molecule has 0 saturated heterocycles. The van der Waals surface area contributed by atoms with E-state index in [1.807, 2.05) is 24.3 Å². The summed E-state index contributed by atoms with van der Waals surface area (Å²) in [6.07, 6.45) is 2.94. The Morgan fingerprint density at radius 3 is 2.56 bits per heavy atom. The molecule has 4 N–H and O–H groups in total. The SMILES string of the molecule is COC(NCc1ccccn1)c1ccc(Nc2nc(N)c(C(=O)c3c(F)cccc3F)s2)nc1. The van der Waals surface area contributed by atoms with Crippen LogP contribution in [0.4, 0.5) is 25.5 Å². The highest BCUT2D eigenvalue weighted by Crippen LogP contribution is 2.30. The Balaban J connectivity index is 1.45. The molecule has 0 aliphatic rings. The Bertz CT molecular complexity index is 1260. The van der Waals surface area contributed by atoms with E-state index < -0.39 is 29.2 Å². The van der Waals surface area contributed by atoms with Crippen LogP contribution in [0.3, 0.4) is 0 Å². The summed E-state index contributed by atoms with van der Waals surface area (Å²) in [5.74, 6) is -2.49. The maximum absolute atomic E-state index is 14.0. The predicted molar refractivity (Wildman–Crippen MR) is 125 cm³/mol. The molecule has 1 atom stereocenters. The summed E-state index contributed by atoms with van der Waals surface area (Å²) in [6, 6.07) is 12.4. The number of hydrogen-bond acceptors (Lipinski definition) is 9. The molecule has 0 aliphatic heterocycles. The molecule has 0 amide bonds. The van der Waals surface area contributed by atoms with Crippen LogP contribution in [0.1, 0.15) is 32.7 Å². The number of rotatable bonds is 9. The molecule has 11 heteroatoms. The van der Waals surface area contributed by atoms with Crippen LogP contribution in [0.2, 0.25) is 0 Å². The van der Waals surface area contributed by atoms with Gasteiger partial charge in [-0.05, 0) is 36.4 Å². The number of carbonyl (C=O) groups is 1. The molecule has 0 radical (unpaired) electrons. The number of carbonyl (C=O) groups excluding carboxylic acids is 1. The first kappa shape index (κ1) is 23.4. The molecule has 0 aliphatic carbocycles. The lowest BCUT2D eigenvalue weighted by Crippen LogP contribution is -2.23. The van der Waals surface area contributed by atoms with Gasteiger partial charge in [-0.15, -0.1) is 0 Å². The van der Waals surface area contributed by atoms with Crippen molar-refractivity contribution in [2.45, 2.75) is 12.8 Å². The number of nitrogen functional groups attached to an aromatic ring is 1.